The number of hydrogen-bond donors (Lipinski definition) is 1. The molecule has 1 aliphatic carbocycles. The number of carbonyl (C=O) groups is 1. The average Bonchev–Trinajstić information content (AvgIpc) is 2.69. The third-order valence-corrected chi connectivity index (χ3v) is 5.02. The molecule has 3 rings (SSSR count). The van der Waals surface area contributed by atoms with E-state index in [0.29, 0.717) is 10.0 Å². The van der Waals surface area contributed by atoms with E-state index in [4.69, 9.17) is 23.2 Å². The second-order valence-corrected chi connectivity index (χ2v) is 6.29. The minimum Gasteiger partial charge on any atom is -0.306 e. The molecule has 1 aromatic carbocycles. The van der Waals surface area contributed by atoms with Crippen LogP contribution in [0.1, 0.15) is 32.1 Å². The quantitative estimate of drug-likeness (QED) is 0.849. The van der Waals surface area contributed by atoms with Crippen LogP contribution in [0.25, 0.3) is 0 Å². The van der Waals surface area contributed by atoms with E-state index in [-0.39, 0.29) is 11.7 Å². The summed E-state index contributed by atoms with van der Waals surface area (Å²) in [6.45, 7) is 0. The number of nitrogens with zero attached hydrogens (tertiary/aromatic N) is 2. The molecule has 1 saturated carbocycles. The Labute approximate surface area is 128 Å². The van der Waals surface area contributed by atoms with Crippen LogP contribution in [0.5, 0.6) is 0 Å². The van der Waals surface area contributed by atoms with Gasteiger partial charge >= 0.3 is 6.03 Å². The lowest BCUT2D eigenvalue weighted by molar-refractivity contribution is 0.112. The van der Waals surface area contributed by atoms with Crippen molar-refractivity contribution in [1.82, 2.24) is 10.3 Å². The largest absolute Gasteiger partial charge is 0.340 e. The van der Waals surface area contributed by atoms with Crippen molar-refractivity contribution in [3.8, 4) is 0 Å². The van der Waals surface area contributed by atoms with E-state index in [9.17, 15) is 4.79 Å². The van der Waals surface area contributed by atoms with Crippen LogP contribution in [-0.2, 0) is 0 Å². The highest BCUT2D eigenvalue weighted by Gasteiger charge is 2.48. The standard InChI is InChI=1S/C14H17Cl2N3O/c1-18-13(20)19(10-5-6-11(15)12(16)9-10)17-14(18)7-3-2-4-8-14/h5-6,9,17H,2-4,7-8H2,1H3. The summed E-state index contributed by atoms with van der Waals surface area (Å²) in [5, 5.41) is 2.52. The monoisotopic (exact) mass is 313 g/mol. The van der Waals surface area contributed by atoms with E-state index >= 15 is 0 Å². The van der Waals surface area contributed by atoms with Crippen molar-refractivity contribution in [3.63, 3.8) is 0 Å². The van der Waals surface area contributed by atoms with E-state index in [1.807, 2.05) is 11.9 Å². The number of anilines is 1. The first-order valence-corrected chi connectivity index (χ1v) is 7.60. The van der Waals surface area contributed by atoms with Crippen molar-refractivity contribution < 1.29 is 4.79 Å². The predicted molar refractivity (Wildman–Crippen MR) is 81.1 cm³/mol. The summed E-state index contributed by atoms with van der Waals surface area (Å²) < 4.78 is 0. The minimum absolute atomic E-state index is 0.0507. The summed E-state index contributed by atoms with van der Waals surface area (Å²) in [7, 11) is 1.86. The molecular formula is C14H17Cl2N3O. The van der Waals surface area contributed by atoms with Gasteiger partial charge in [-0.3, -0.25) is 0 Å². The van der Waals surface area contributed by atoms with Gasteiger partial charge in [0.1, 0.15) is 5.66 Å². The molecule has 0 aromatic heterocycles. The Balaban J connectivity index is 1.91. The van der Waals surface area contributed by atoms with Crippen LogP contribution in [0.4, 0.5) is 10.5 Å². The second-order valence-electron chi connectivity index (χ2n) is 5.48. The van der Waals surface area contributed by atoms with Crippen molar-refractivity contribution in [2.45, 2.75) is 37.8 Å². The van der Waals surface area contributed by atoms with Crippen LogP contribution >= 0.6 is 23.2 Å². The van der Waals surface area contributed by atoms with Crippen LogP contribution in [0.3, 0.4) is 0 Å². The smallest absolute Gasteiger partial charge is 0.306 e. The fraction of sp³-hybridized carbons (Fsp3) is 0.500. The number of hydrogen-bond acceptors (Lipinski definition) is 2. The third-order valence-electron chi connectivity index (χ3n) is 4.28. The summed E-state index contributed by atoms with van der Waals surface area (Å²) >= 11 is 12.0. The maximum absolute atomic E-state index is 12.5. The Kier molecular flexibility index (Phi) is 3.56. The molecule has 2 fully saturated rings. The Bertz CT molecular complexity index is 543. The fourth-order valence-electron chi connectivity index (χ4n) is 3.05. The van der Waals surface area contributed by atoms with Crippen molar-refractivity contribution in [2.75, 3.05) is 12.1 Å². The number of hydrazine groups is 1. The number of rotatable bonds is 1. The number of benzene rings is 1. The highest BCUT2D eigenvalue weighted by Crippen LogP contribution is 2.37. The van der Waals surface area contributed by atoms with Crippen molar-refractivity contribution in [3.05, 3.63) is 28.2 Å². The van der Waals surface area contributed by atoms with Gasteiger partial charge in [0.25, 0.3) is 0 Å². The Morgan fingerprint density at radius 1 is 1.15 bits per heavy atom. The zero-order valence-corrected chi connectivity index (χ0v) is 12.8. The number of amides is 2. The highest BCUT2D eigenvalue weighted by atomic mass is 35.5. The van der Waals surface area contributed by atoms with Gasteiger partial charge in [-0.2, -0.15) is 0 Å². The maximum Gasteiger partial charge on any atom is 0.340 e. The molecule has 1 N–H and O–H groups in total. The molecule has 4 nitrogen and oxygen atoms in total. The van der Waals surface area contributed by atoms with Crippen LogP contribution < -0.4 is 10.4 Å². The Hall–Kier alpha value is -0.970. The summed E-state index contributed by atoms with van der Waals surface area (Å²) in [5.74, 6) is 0. The molecule has 2 amide bonds. The van der Waals surface area contributed by atoms with Gasteiger partial charge in [0.15, 0.2) is 0 Å². The average molecular weight is 314 g/mol. The van der Waals surface area contributed by atoms with Gasteiger partial charge < -0.3 is 4.90 Å². The SMILES string of the molecule is CN1C(=O)N(c2ccc(Cl)c(Cl)c2)NC12CCCCC2. The van der Waals surface area contributed by atoms with Gasteiger partial charge in [0.05, 0.1) is 15.7 Å². The summed E-state index contributed by atoms with van der Waals surface area (Å²) in [4.78, 5) is 14.3. The van der Waals surface area contributed by atoms with Crippen molar-refractivity contribution in [2.24, 2.45) is 0 Å². The molecule has 1 aromatic rings. The van der Waals surface area contributed by atoms with E-state index in [1.165, 1.54) is 6.42 Å². The van der Waals surface area contributed by atoms with E-state index in [2.05, 4.69) is 5.43 Å². The minimum atomic E-state index is -0.249. The fourth-order valence-corrected chi connectivity index (χ4v) is 3.34. The molecule has 0 atom stereocenters. The maximum atomic E-state index is 12.5. The van der Waals surface area contributed by atoms with Crippen LogP contribution in [0.15, 0.2) is 18.2 Å². The van der Waals surface area contributed by atoms with Crippen LogP contribution in [0, 0.1) is 0 Å². The molecule has 0 radical (unpaired) electrons. The first-order valence-electron chi connectivity index (χ1n) is 6.84. The molecule has 20 heavy (non-hydrogen) atoms. The highest BCUT2D eigenvalue weighted by molar-refractivity contribution is 6.42. The molecule has 2 aliphatic rings. The zero-order valence-electron chi connectivity index (χ0n) is 11.3. The molecule has 0 unspecified atom stereocenters. The first kappa shape index (κ1) is 14.0. The molecule has 1 spiro atoms. The molecule has 0 bridgehead atoms. The number of urea groups is 1. The van der Waals surface area contributed by atoms with Crippen molar-refractivity contribution in [1.29, 1.82) is 0 Å². The Morgan fingerprint density at radius 3 is 2.50 bits per heavy atom. The van der Waals surface area contributed by atoms with Gasteiger partial charge in [0, 0.05) is 7.05 Å². The lowest BCUT2D eigenvalue weighted by atomic mass is 9.89. The third kappa shape index (κ3) is 2.16. The molecule has 1 saturated heterocycles. The number of halogens is 2. The normalized spacial score (nSPS) is 21.9. The topological polar surface area (TPSA) is 35.6 Å². The van der Waals surface area contributed by atoms with Gasteiger partial charge in [0.2, 0.25) is 0 Å². The number of carbonyl (C=O) groups excluding carboxylic acids is 1. The lowest BCUT2D eigenvalue weighted by Crippen LogP contribution is -2.53. The van der Waals surface area contributed by atoms with Gasteiger partial charge in [-0.05, 0) is 43.9 Å². The molecule has 1 heterocycles. The van der Waals surface area contributed by atoms with Gasteiger partial charge in [-0.25, -0.2) is 15.2 Å². The van der Waals surface area contributed by atoms with E-state index < -0.39 is 0 Å². The van der Waals surface area contributed by atoms with Crippen LogP contribution in [-0.4, -0.2) is 23.6 Å². The Morgan fingerprint density at radius 2 is 1.85 bits per heavy atom. The molecule has 108 valence electrons. The van der Waals surface area contributed by atoms with Crippen LogP contribution in [0.2, 0.25) is 10.0 Å². The molecule has 6 heteroatoms. The van der Waals surface area contributed by atoms with Gasteiger partial charge in [-0.15, -0.1) is 0 Å². The number of nitrogens with one attached hydrogen (secondary N) is 1. The summed E-state index contributed by atoms with van der Waals surface area (Å²) in [6, 6.07) is 5.17. The summed E-state index contributed by atoms with van der Waals surface area (Å²) in [6.07, 6.45) is 5.47. The second kappa shape index (κ2) is 5.10. The van der Waals surface area contributed by atoms with E-state index in [1.54, 1.807) is 23.2 Å². The predicted octanol–water partition coefficient (Wildman–Crippen LogP) is 4.03. The molecule has 1 aliphatic heterocycles. The lowest BCUT2D eigenvalue weighted by Gasteiger charge is -2.37. The zero-order chi connectivity index (χ0) is 14.3. The van der Waals surface area contributed by atoms with Gasteiger partial charge in [-0.1, -0.05) is 29.6 Å². The van der Waals surface area contributed by atoms with Crippen molar-refractivity contribution >= 4 is 34.9 Å². The van der Waals surface area contributed by atoms with E-state index in [0.717, 1.165) is 31.4 Å². The summed E-state index contributed by atoms with van der Waals surface area (Å²) in [5.41, 5.74) is 3.85. The first-order chi connectivity index (χ1) is 9.53. The molecular weight excluding hydrogens is 297 g/mol.